The van der Waals surface area contributed by atoms with Crippen molar-refractivity contribution in [1.29, 1.82) is 0 Å². The average molecular weight is 447 g/mol. The number of hydrogen-bond acceptors (Lipinski definition) is 8. The van der Waals surface area contributed by atoms with Gasteiger partial charge in [0.25, 0.3) is 0 Å². The van der Waals surface area contributed by atoms with Crippen molar-refractivity contribution in [3.63, 3.8) is 0 Å². The fraction of sp³-hybridized carbons (Fsp3) is 0.200. The highest BCUT2D eigenvalue weighted by Gasteiger charge is 2.18. The van der Waals surface area contributed by atoms with Crippen LogP contribution in [0.1, 0.15) is 12.5 Å². The van der Waals surface area contributed by atoms with Gasteiger partial charge in [-0.05, 0) is 42.8 Å². The number of thiazole rings is 1. The SMILES string of the molecule is CCOc1cc(/C=N\Nc2nc(-c3cccc(S(=O)(=O)N(C)C)c3)cs2)ccc1O. The van der Waals surface area contributed by atoms with Crippen molar-refractivity contribution in [2.24, 2.45) is 5.10 Å². The molecule has 0 aliphatic heterocycles. The van der Waals surface area contributed by atoms with E-state index in [-0.39, 0.29) is 10.6 Å². The number of rotatable bonds is 8. The second-order valence-electron chi connectivity index (χ2n) is 6.38. The van der Waals surface area contributed by atoms with Crippen LogP contribution in [0.25, 0.3) is 11.3 Å². The third-order valence-corrected chi connectivity index (χ3v) is 6.63. The summed E-state index contributed by atoms with van der Waals surface area (Å²) in [6, 6.07) is 11.6. The van der Waals surface area contributed by atoms with Gasteiger partial charge in [0.15, 0.2) is 11.5 Å². The maximum Gasteiger partial charge on any atom is 0.242 e. The van der Waals surface area contributed by atoms with E-state index in [0.29, 0.717) is 28.7 Å². The Morgan fingerprint density at radius 1 is 1.27 bits per heavy atom. The molecule has 0 saturated carbocycles. The van der Waals surface area contributed by atoms with Crippen molar-refractivity contribution in [2.45, 2.75) is 11.8 Å². The number of hydrazone groups is 1. The highest BCUT2D eigenvalue weighted by molar-refractivity contribution is 7.89. The number of aromatic nitrogens is 1. The Morgan fingerprint density at radius 2 is 2.07 bits per heavy atom. The Morgan fingerprint density at radius 3 is 2.80 bits per heavy atom. The first-order valence-electron chi connectivity index (χ1n) is 9.04. The van der Waals surface area contributed by atoms with E-state index in [4.69, 9.17) is 4.74 Å². The predicted molar refractivity (Wildman–Crippen MR) is 119 cm³/mol. The minimum Gasteiger partial charge on any atom is -0.504 e. The number of phenolic OH excluding ortho intramolecular Hbond substituents is 1. The Balaban J connectivity index is 1.73. The van der Waals surface area contributed by atoms with Crippen molar-refractivity contribution in [3.05, 3.63) is 53.4 Å². The van der Waals surface area contributed by atoms with Crippen LogP contribution in [0.15, 0.2) is 57.8 Å². The van der Waals surface area contributed by atoms with Crippen LogP contribution < -0.4 is 10.2 Å². The third-order valence-electron chi connectivity index (χ3n) is 4.07. The topological polar surface area (TPSA) is 104 Å². The molecule has 2 N–H and O–H groups in total. The number of nitrogens with one attached hydrogen (secondary N) is 1. The molecule has 30 heavy (non-hydrogen) atoms. The van der Waals surface area contributed by atoms with E-state index >= 15 is 0 Å². The fourth-order valence-corrected chi connectivity index (χ4v) is 4.15. The molecule has 1 aromatic heterocycles. The number of phenols is 1. The molecule has 3 aromatic rings. The number of aromatic hydroxyl groups is 1. The molecule has 0 saturated heterocycles. The van der Waals surface area contributed by atoms with E-state index in [1.54, 1.807) is 42.6 Å². The van der Waals surface area contributed by atoms with Gasteiger partial charge in [0, 0.05) is 25.0 Å². The highest BCUT2D eigenvalue weighted by Crippen LogP contribution is 2.28. The molecular weight excluding hydrogens is 424 g/mol. The lowest BCUT2D eigenvalue weighted by atomic mass is 10.2. The van der Waals surface area contributed by atoms with Crippen LogP contribution in [0.5, 0.6) is 11.5 Å². The number of anilines is 1. The molecule has 0 atom stereocenters. The zero-order valence-corrected chi connectivity index (χ0v) is 18.4. The summed E-state index contributed by atoms with van der Waals surface area (Å²) < 4.78 is 31.2. The van der Waals surface area contributed by atoms with Crippen LogP contribution in [0.2, 0.25) is 0 Å². The molecular formula is C20H22N4O4S2. The molecule has 8 nitrogen and oxygen atoms in total. The molecule has 0 amide bonds. The number of hydrogen-bond donors (Lipinski definition) is 2. The zero-order valence-electron chi connectivity index (χ0n) is 16.7. The van der Waals surface area contributed by atoms with Gasteiger partial charge in [-0.2, -0.15) is 5.10 Å². The van der Waals surface area contributed by atoms with Crippen LogP contribution in [0, 0.1) is 0 Å². The second kappa shape index (κ2) is 9.24. The molecule has 3 rings (SSSR count). The summed E-state index contributed by atoms with van der Waals surface area (Å²) in [5.41, 5.74) is 4.96. The Bertz CT molecular complexity index is 1160. The molecule has 0 spiro atoms. The minimum atomic E-state index is -3.51. The van der Waals surface area contributed by atoms with E-state index < -0.39 is 10.0 Å². The van der Waals surface area contributed by atoms with Crippen molar-refractivity contribution < 1.29 is 18.3 Å². The molecule has 10 heteroatoms. The molecule has 158 valence electrons. The smallest absolute Gasteiger partial charge is 0.242 e. The van der Waals surface area contributed by atoms with Gasteiger partial charge in [-0.15, -0.1) is 11.3 Å². The van der Waals surface area contributed by atoms with Gasteiger partial charge in [-0.1, -0.05) is 12.1 Å². The highest BCUT2D eigenvalue weighted by atomic mass is 32.2. The third kappa shape index (κ3) is 4.96. The lowest BCUT2D eigenvalue weighted by molar-refractivity contribution is 0.318. The molecule has 0 radical (unpaired) electrons. The summed E-state index contributed by atoms with van der Waals surface area (Å²) in [7, 11) is -0.522. The lowest BCUT2D eigenvalue weighted by Crippen LogP contribution is -2.22. The van der Waals surface area contributed by atoms with Gasteiger partial charge in [-0.25, -0.2) is 17.7 Å². The largest absolute Gasteiger partial charge is 0.504 e. The van der Waals surface area contributed by atoms with Crippen LogP contribution in [0.3, 0.4) is 0 Å². The van der Waals surface area contributed by atoms with Crippen molar-refractivity contribution in [3.8, 4) is 22.8 Å². The molecule has 0 aliphatic rings. The summed E-state index contributed by atoms with van der Waals surface area (Å²) in [6.07, 6.45) is 1.59. The van der Waals surface area contributed by atoms with Crippen molar-refractivity contribution in [2.75, 3.05) is 26.1 Å². The molecule has 0 fully saturated rings. The lowest BCUT2D eigenvalue weighted by Gasteiger charge is -2.11. The van der Waals surface area contributed by atoms with Crippen LogP contribution in [-0.4, -0.2) is 49.7 Å². The monoisotopic (exact) mass is 446 g/mol. The first-order chi connectivity index (χ1) is 14.3. The van der Waals surface area contributed by atoms with Crippen LogP contribution in [-0.2, 0) is 10.0 Å². The summed E-state index contributed by atoms with van der Waals surface area (Å²) in [4.78, 5) is 4.67. The standard InChI is InChI=1S/C20H22N4O4S2/c1-4-28-19-10-14(8-9-18(19)25)12-21-23-20-22-17(13-29-20)15-6-5-7-16(11-15)30(26,27)24(2)3/h5-13,25H,4H2,1-3H3,(H,22,23)/b21-12-. The summed E-state index contributed by atoms with van der Waals surface area (Å²) in [5, 5.41) is 16.3. The van der Waals surface area contributed by atoms with Gasteiger partial charge in [-0.3, -0.25) is 5.43 Å². The van der Waals surface area contributed by atoms with E-state index in [1.165, 1.54) is 29.7 Å². The number of sulfonamides is 1. The Kier molecular flexibility index (Phi) is 6.70. The quantitative estimate of drug-likeness (QED) is 0.405. The van der Waals surface area contributed by atoms with Gasteiger partial charge in [0.05, 0.1) is 23.4 Å². The normalized spacial score (nSPS) is 11.9. The first kappa shape index (κ1) is 21.8. The van der Waals surface area contributed by atoms with Gasteiger partial charge >= 0.3 is 0 Å². The van der Waals surface area contributed by atoms with E-state index in [0.717, 1.165) is 5.56 Å². The van der Waals surface area contributed by atoms with Crippen molar-refractivity contribution >= 4 is 32.7 Å². The second-order valence-corrected chi connectivity index (χ2v) is 9.39. The van der Waals surface area contributed by atoms with Gasteiger partial charge in [0.2, 0.25) is 15.2 Å². The summed E-state index contributed by atoms with van der Waals surface area (Å²) in [5.74, 6) is 0.468. The van der Waals surface area contributed by atoms with Gasteiger partial charge in [0.1, 0.15) is 0 Å². The van der Waals surface area contributed by atoms with Crippen LogP contribution in [0.4, 0.5) is 5.13 Å². The van der Waals surface area contributed by atoms with E-state index in [2.05, 4.69) is 15.5 Å². The Labute approximate surface area is 179 Å². The number of ether oxygens (including phenoxy) is 1. The van der Waals surface area contributed by atoms with E-state index in [9.17, 15) is 13.5 Å². The predicted octanol–water partition coefficient (Wildman–Crippen LogP) is 3.61. The average Bonchev–Trinajstić information content (AvgIpc) is 3.19. The molecule has 0 aliphatic carbocycles. The Hall–Kier alpha value is -2.95. The summed E-state index contributed by atoms with van der Waals surface area (Å²) in [6.45, 7) is 2.29. The molecule has 0 bridgehead atoms. The molecule has 0 unspecified atom stereocenters. The van der Waals surface area contributed by atoms with Crippen LogP contribution >= 0.6 is 11.3 Å². The van der Waals surface area contributed by atoms with Crippen molar-refractivity contribution in [1.82, 2.24) is 9.29 Å². The number of nitrogens with zero attached hydrogens (tertiary/aromatic N) is 3. The van der Waals surface area contributed by atoms with Gasteiger partial charge < -0.3 is 9.84 Å². The van der Waals surface area contributed by atoms with E-state index in [1.807, 2.05) is 18.4 Å². The molecule has 1 heterocycles. The fourth-order valence-electron chi connectivity index (χ4n) is 2.53. The molecule has 2 aromatic carbocycles. The zero-order chi connectivity index (χ0) is 21.7. The maximum atomic E-state index is 12.3. The summed E-state index contributed by atoms with van der Waals surface area (Å²) >= 11 is 1.35. The first-order valence-corrected chi connectivity index (χ1v) is 11.4. The maximum absolute atomic E-state index is 12.3. The minimum absolute atomic E-state index is 0.0741. The number of benzene rings is 2.